The molecule has 4 heteroatoms. The van der Waals surface area contributed by atoms with E-state index in [0.717, 1.165) is 19.3 Å². The van der Waals surface area contributed by atoms with Crippen molar-refractivity contribution >= 4 is 11.9 Å². The number of nitrogens with one attached hydrogen (secondary N) is 1. The average Bonchev–Trinajstić information content (AvgIpc) is 2.36. The molecule has 1 amide bonds. The molecule has 1 unspecified atom stereocenters. The smallest absolute Gasteiger partial charge is 0.303 e. The molecule has 0 aromatic heterocycles. The zero-order valence-corrected chi connectivity index (χ0v) is 13.1. The number of hydrogen-bond donors (Lipinski definition) is 2. The van der Waals surface area contributed by atoms with Gasteiger partial charge in [0.1, 0.15) is 0 Å². The fraction of sp³-hybridized carbons (Fsp3) is 0.875. The topological polar surface area (TPSA) is 66.4 Å². The highest BCUT2D eigenvalue weighted by atomic mass is 16.4. The van der Waals surface area contributed by atoms with Gasteiger partial charge in [-0.05, 0) is 18.8 Å². The Hall–Kier alpha value is -1.06. The van der Waals surface area contributed by atoms with Crippen LogP contribution in [0.4, 0.5) is 0 Å². The van der Waals surface area contributed by atoms with E-state index in [4.69, 9.17) is 5.11 Å². The summed E-state index contributed by atoms with van der Waals surface area (Å²) in [5.74, 6) is -0.592. The minimum Gasteiger partial charge on any atom is -0.481 e. The molecule has 0 aromatic rings. The van der Waals surface area contributed by atoms with Crippen LogP contribution in [-0.4, -0.2) is 23.5 Å². The van der Waals surface area contributed by atoms with Crippen LogP contribution in [0, 0.1) is 5.92 Å². The molecule has 0 radical (unpaired) electrons. The Bertz CT molecular complexity index is 266. The maximum absolute atomic E-state index is 10.8. The van der Waals surface area contributed by atoms with Crippen LogP contribution in [0.15, 0.2) is 0 Å². The van der Waals surface area contributed by atoms with Crippen molar-refractivity contribution < 1.29 is 14.7 Å². The summed E-state index contributed by atoms with van der Waals surface area (Å²) < 4.78 is 0. The highest BCUT2D eigenvalue weighted by Gasteiger charge is 2.12. The van der Waals surface area contributed by atoms with E-state index in [1.54, 1.807) is 0 Å². The lowest BCUT2D eigenvalue weighted by Crippen LogP contribution is -2.23. The third-order valence-electron chi connectivity index (χ3n) is 3.61. The van der Waals surface area contributed by atoms with Crippen LogP contribution in [0.2, 0.25) is 0 Å². The number of aliphatic carboxylic acids is 1. The van der Waals surface area contributed by atoms with Gasteiger partial charge < -0.3 is 10.4 Å². The Morgan fingerprint density at radius 1 is 1.00 bits per heavy atom. The number of hydrogen-bond acceptors (Lipinski definition) is 2. The van der Waals surface area contributed by atoms with Gasteiger partial charge >= 0.3 is 5.97 Å². The van der Waals surface area contributed by atoms with E-state index in [1.165, 1.54) is 45.4 Å². The maximum atomic E-state index is 10.8. The summed E-state index contributed by atoms with van der Waals surface area (Å²) in [6.45, 7) is 4.29. The number of rotatable bonds is 13. The molecule has 0 aliphatic rings. The molecule has 118 valence electrons. The molecule has 0 heterocycles. The zero-order chi connectivity index (χ0) is 15.2. The molecular weight excluding hydrogens is 254 g/mol. The molecule has 0 saturated carbocycles. The van der Waals surface area contributed by atoms with Crippen LogP contribution in [0.25, 0.3) is 0 Å². The molecule has 4 nitrogen and oxygen atoms in total. The van der Waals surface area contributed by atoms with Crippen molar-refractivity contribution in [3.05, 3.63) is 0 Å². The second-order valence-electron chi connectivity index (χ2n) is 5.65. The van der Waals surface area contributed by atoms with Crippen LogP contribution >= 0.6 is 0 Å². The van der Waals surface area contributed by atoms with Crippen LogP contribution in [0.1, 0.15) is 78.1 Å². The van der Waals surface area contributed by atoms with Gasteiger partial charge in [0.15, 0.2) is 0 Å². The van der Waals surface area contributed by atoms with Crippen LogP contribution in [-0.2, 0) is 9.59 Å². The van der Waals surface area contributed by atoms with Crippen molar-refractivity contribution in [3.8, 4) is 0 Å². The second kappa shape index (κ2) is 12.9. The summed E-state index contributed by atoms with van der Waals surface area (Å²) in [6, 6.07) is 0. The molecule has 2 N–H and O–H groups in total. The van der Waals surface area contributed by atoms with E-state index >= 15 is 0 Å². The lowest BCUT2D eigenvalue weighted by molar-refractivity contribution is -0.138. The van der Waals surface area contributed by atoms with Crippen LogP contribution < -0.4 is 5.32 Å². The molecule has 0 aliphatic heterocycles. The Labute approximate surface area is 123 Å². The van der Waals surface area contributed by atoms with Crippen molar-refractivity contribution in [2.75, 3.05) is 6.54 Å². The quantitative estimate of drug-likeness (QED) is 0.506. The largest absolute Gasteiger partial charge is 0.481 e. The minimum absolute atomic E-state index is 0.0463. The van der Waals surface area contributed by atoms with E-state index in [9.17, 15) is 9.59 Å². The summed E-state index contributed by atoms with van der Waals surface area (Å²) in [5, 5.41) is 11.6. The first-order chi connectivity index (χ1) is 9.56. The number of carbonyl (C=O) groups excluding carboxylic acids is 1. The van der Waals surface area contributed by atoms with Gasteiger partial charge in [-0.3, -0.25) is 9.59 Å². The van der Waals surface area contributed by atoms with Gasteiger partial charge in [0, 0.05) is 19.9 Å². The zero-order valence-electron chi connectivity index (χ0n) is 13.1. The molecule has 0 fully saturated rings. The van der Waals surface area contributed by atoms with Gasteiger partial charge in [-0.15, -0.1) is 0 Å². The number of carboxylic acid groups (broad SMARTS) is 1. The second-order valence-corrected chi connectivity index (χ2v) is 5.65. The number of amides is 1. The van der Waals surface area contributed by atoms with Crippen molar-refractivity contribution in [2.45, 2.75) is 78.1 Å². The maximum Gasteiger partial charge on any atom is 0.303 e. The van der Waals surface area contributed by atoms with Crippen LogP contribution in [0.3, 0.4) is 0 Å². The molecular formula is C16H31NO3. The lowest BCUT2D eigenvalue weighted by atomic mass is 9.94. The van der Waals surface area contributed by atoms with E-state index in [0.29, 0.717) is 6.54 Å². The van der Waals surface area contributed by atoms with Gasteiger partial charge in [0.05, 0.1) is 0 Å². The summed E-state index contributed by atoms with van der Waals surface area (Å²) in [6.07, 6.45) is 10.7. The van der Waals surface area contributed by atoms with Crippen LogP contribution in [0.5, 0.6) is 0 Å². The molecule has 0 rings (SSSR count). The third-order valence-corrected chi connectivity index (χ3v) is 3.61. The average molecular weight is 285 g/mol. The summed E-state index contributed by atoms with van der Waals surface area (Å²) >= 11 is 0. The lowest BCUT2D eigenvalue weighted by Gasteiger charge is -2.14. The summed E-state index contributed by atoms with van der Waals surface area (Å²) in [7, 11) is 0. The van der Waals surface area contributed by atoms with Gasteiger partial charge in [-0.1, -0.05) is 51.9 Å². The Morgan fingerprint density at radius 2 is 1.60 bits per heavy atom. The highest BCUT2D eigenvalue weighted by molar-refractivity contribution is 5.72. The Kier molecular flexibility index (Phi) is 12.3. The van der Waals surface area contributed by atoms with Crippen molar-refractivity contribution in [3.63, 3.8) is 0 Å². The Balaban J connectivity index is 3.69. The van der Waals surface area contributed by atoms with Gasteiger partial charge in [0.25, 0.3) is 0 Å². The molecule has 20 heavy (non-hydrogen) atoms. The number of carboxylic acids is 1. The van der Waals surface area contributed by atoms with E-state index in [2.05, 4.69) is 12.2 Å². The predicted octanol–water partition coefficient (Wildman–Crippen LogP) is 3.74. The molecule has 0 saturated heterocycles. The molecule has 0 bridgehead atoms. The van der Waals surface area contributed by atoms with E-state index < -0.39 is 5.97 Å². The summed E-state index contributed by atoms with van der Waals surface area (Å²) in [5.41, 5.74) is 0. The molecule has 0 aliphatic carbocycles. The monoisotopic (exact) mass is 285 g/mol. The highest BCUT2D eigenvalue weighted by Crippen LogP contribution is 2.18. The summed E-state index contributed by atoms with van der Waals surface area (Å²) in [4.78, 5) is 21.6. The third kappa shape index (κ3) is 13.4. The molecule has 0 spiro atoms. The van der Waals surface area contributed by atoms with E-state index in [1.807, 2.05) is 0 Å². The van der Waals surface area contributed by atoms with Crippen molar-refractivity contribution in [1.82, 2.24) is 5.32 Å². The Morgan fingerprint density at radius 3 is 2.15 bits per heavy atom. The fourth-order valence-electron chi connectivity index (χ4n) is 2.44. The van der Waals surface area contributed by atoms with Gasteiger partial charge in [0.2, 0.25) is 5.91 Å². The first-order valence-corrected chi connectivity index (χ1v) is 8.02. The minimum atomic E-state index is -0.735. The number of carbonyl (C=O) groups is 2. The predicted molar refractivity (Wildman–Crippen MR) is 81.7 cm³/mol. The molecule has 1 atom stereocenters. The number of unbranched alkanes of at least 4 members (excludes halogenated alkanes) is 6. The van der Waals surface area contributed by atoms with Gasteiger partial charge in [-0.25, -0.2) is 0 Å². The van der Waals surface area contributed by atoms with Crippen molar-refractivity contribution in [1.29, 1.82) is 0 Å². The first kappa shape index (κ1) is 18.9. The van der Waals surface area contributed by atoms with Gasteiger partial charge in [-0.2, -0.15) is 0 Å². The van der Waals surface area contributed by atoms with E-state index in [-0.39, 0.29) is 18.2 Å². The normalized spacial score (nSPS) is 12.1. The first-order valence-electron chi connectivity index (χ1n) is 8.02. The molecule has 0 aromatic carbocycles. The fourth-order valence-corrected chi connectivity index (χ4v) is 2.44. The SMILES string of the molecule is CCCCCCCCCC(CCNC(C)=O)CC(=O)O. The standard InChI is InChI=1S/C16H31NO3/c1-3-4-5-6-7-8-9-10-15(13-16(19)20)11-12-17-14(2)18/h15H,3-13H2,1-2H3,(H,17,18)(H,19,20). The van der Waals surface area contributed by atoms with Crippen molar-refractivity contribution in [2.24, 2.45) is 5.92 Å².